The zero-order chi connectivity index (χ0) is 59.0. The number of phosphoric acid groups is 2. The van der Waals surface area contributed by atoms with Gasteiger partial charge in [0.2, 0.25) is 0 Å². The van der Waals surface area contributed by atoms with Gasteiger partial charge < -0.3 is 33.8 Å². The number of rotatable bonds is 57. The van der Waals surface area contributed by atoms with E-state index in [-0.39, 0.29) is 25.7 Å². The molecule has 0 spiro atoms. The number of aliphatic hydroxyl groups excluding tert-OH is 1. The zero-order valence-electron chi connectivity index (χ0n) is 51.0. The van der Waals surface area contributed by atoms with Gasteiger partial charge in [0, 0.05) is 25.7 Å². The molecule has 79 heavy (non-hydrogen) atoms. The largest absolute Gasteiger partial charge is 0.472 e. The van der Waals surface area contributed by atoms with Gasteiger partial charge in [-0.3, -0.25) is 37.3 Å². The van der Waals surface area contributed by atoms with Crippen molar-refractivity contribution in [2.75, 3.05) is 39.6 Å². The molecule has 3 unspecified atom stereocenters. The molecule has 17 nitrogen and oxygen atoms in total. The van der Waals surface area contributed by atoms with Crippen molar-refractivity contribution in [1.29, 1.82) is 0 Å². The highest BCUT2D eigenvalue weighted by molar-refractivity contribution is 7.47. The average molecular weight is 1170 g/mol. The summed E-state index contributed by atoms with van der Waals surface area (Å²) in [4.78, 5) is 71.9. The maximum absolute atomic E-state index is 12.9. The molecule has 0 amide bonds. The highest BCUT2D eigenvalue weighted by Gasteiger charge is 2.30. The Morgan fingerprint density at radius 1 is 0.354 bits per heavy atom. The standard InChI is InChI=1S/C60H116O17P2/c1-9-53(8)39-31-23-16-19-25-33-41-58(63)71-47-56(77-60(65)43-35-27-18-15-22-30-38-52(6)7)49-75-79(68,69)73-45-54(61)44-72-78(66,67)74-48-55(76-59(64)42-34-26-17-14-21-29-37-51(4)5)46-70-57(62)40-32-24-13-11-10-12-20-28-36-50(2)3/h50-56,61H,9-49H2,1-8H3,(H,66,67)(H,68,69)/t53?,54-,55-,56-/m1/s1. The Morgan fingerprint density at radius 3 is 0.899 bits per heavy atom. The van der Waals surface area contributed by atoms with E-state index in [2.05, 4.69) is 55.4 Å². The quantitative estimate of drug-likeness (QED) is 0.0222. The topological polar surface area (TPSA) is 237 Å². The van der Waals surface area contributed by atoms with Gasteiger partial charge in [0.15, 0.2) is 12.2 Å². The van der Waals surface area contributed by atoms with Crippen LogP contribution < -0.4 is 0 Å². The lowest BCUT2D eigenvalue weighted by atomic mass is 10.00. The summed E-state index contributed by atoms with van der Waals surface area (Å²) in [7, 11) is -9.88. The SMILES string of the molecule is CCC(C)CCCCCCCCC(=O)OC[C@H](COP(=O)(O)OC[C@H](O)COP(=O)(O)OC[C@@H](COC(=O)CCCCCCCCCCC(C)C)OC(=O)CCCCCCCCC(C)C)OC(=O)CCCCCCCCC(C)C. The molecule has 0 aliphatic rings. The lowest BCUT2D eigenvalue weighted by molar-refractivity contribution is -0.161. The van der Waals surface area contributed by atoms with Crippen LogP contribution in [0.25, 0.3) is 0 Å². The fraction of sp³-hybridized carbons (Fsp3) is 0.933. The summed E-state index contributed by atoms with van der Waals surface area (Å²) >= 11 is 0. The van der Waals surface area contributed by atoms with Crippen molar-refractivity contribution in [2.24, 2.45) is 23.7 Å². The summed E-state index contributed by atoms with van der Waals surface area (Å²) in [5.74, 6) is 0.643. The molecule has 468 valence electrons. The number of aliphatic hydroxyl groups is 1. The normalized spacial score (nSPS) is 14.9. The van der Waals surface area contributed by atoms with Crippen molar-refractivity contribution in [2.45, 2.75) is 298 Å². The fourth-order valence-electron chi connectivity index (χ4n) is 8.69. The van der Waals surface area contributed by atoms with E-state index in [9.17, 15) is 43.2 Å². The molecule has 0 bridgehead atoms. The number of carbonyl (C=O) groups excluding carboxylic acids is 4. The number of ether oxygens (including phenoxy) is 4. The van der Waals surface area contributed by atoms with E-state index in [0.717, 1.165) is 108 Å². The van der Waals surface area contributed by atoms with Crippen LogP contribution in [0, 0.1) is 23.7 Å². The van der Waals surface area contributed by atoms with E-state index < -0.39 is 97.5 Å². The van der Waals surface area contributed by atoms with Gasteiger partial charge in [-0.05, 0) is 49.4 Å². The van der Waals surface area contributed by atoms with Crippen molar-refractivity contribution in [3.05, 3.63) is 0 Å². The van der Waals surface area contributed by atoms with Crippen LogP contribution in [0.4, 0.5) is 0 Å². The van der Waals surface area contributed by atoms with E-state index in [1.807, 2.05) is 0 Å². The van der Waals surface area contributed by atoms with Gasteiger partial charge in [-0.25, -0.2) is 9.13 Å². The van der Waals surface area contributed by atoms with E-state index in [0.29, 0.717) is 37.5 Å². The van der Waals surface area contributed by atoms with E-state index >= 15 is 0 Å². The fourth-order valence-corrected chi connectivity index (χ4v) is 10.3. The first-order chi connectivity index (χ1) is 37.6. The molecule has 3 N–H and O–H groups in total. The summed E-state index contributed by atoms with van der Waals surface area (Å²) in [5, 5.41) is 10.5. The second kappa shape index (κ2) is 50.6. The molecular weight excluding hydrogens is 1050 g/mol. The third-order valence-corrected chi connectivity index (χ3v) is 15.8. The maximum Gasteiger partial charge on any atom is 0.472 e. The van der Waals surface area contributed by atoms with Crippen molar-refractivity contribution in [3.8, 4) is 0 Å². The van der Waals surface area contributed by atoms with E-state index in [1.165, 1.54) is 77.0 Å². The van der Waals surface area contributed by atoms with Crippen molar-refractivity contribution >= 4 is 39.5 Å². The molecule has 0 heterocycles. The summed E-state index contributed by atoms with van der Waals surface area (Å²) in [6, 6.07) is 0. The van der Waals surface area contributed by atoms with Gasteiger partial charge in [-0.1, -0.05) is 229 Å². The van der Waals surface area contributed by atoms with Gasteiger partial charge in [-0.2, -0.15) is 0 Å². The predicted octanol–water partition coefficient (Wildman–Crippen LogP) is 15.8. The second-order valence-corrected chi connectivity index (χ2v) is 26.3. The highest BCUT2D eigenvalue weighted by atomic mass is 31.2. The Bertz CT molecular complexity index is 1600. The van der Waals surface area contributed by atoms with Crippen LogP contribution in [0.1, 0.15) is 280 Å². The van der Waals surface area contributed by atoms with Crippen LogP contribution in [-0.4, -0.2) is 96.7 Å². The van der Waals surface area contributed by atoms with Gasteiger partial charge in [0.1, 0.15) is 19.3 Å². The van der Waals surface area contributed by atoms with Crippen molar-refractivity contribution in [3.63, 3.8) is 0 Å². The molecule has 0 aromatic heterocycles. The van der Waals surface area contributed by atoms with Gasteiger partial charge in [0.05, 0.1) is 26.4 Å². The van der Waals surface area contributed by atoms with Crippen LogP contribution in [-0.2, 0) is 65.4 Å². The van der Waals surface area contributed by atoms with Crippen molar-refractivity contribution in [1.82, 2.24) is 0 Å². The molecule has 0 aromatic carbocycles. The monoisotopic (exact) mass is 1170 g/mol. The minimum atomic E-state index is -4.94. The van der Waals surface area contributed by atoms with Gasteiger partial charge in [0.25, 0.3) is 0 Å². The van der Waals surface area contributed by atoms with Crippen LogP contribution in [0.15, 0.2) is 0 Å². The molecule has 0 aliphatic heterocycles. The molecule has 0 saturated heterocycles. The molecule has 6 atom stereocenters. The Morgan fingerprint density at radius 2 is 0.608 bits per heavy atom. The van der Waals surface area contributed by atoms with Gasteiger partial charge in [-0.15, -0.1) is 0 Å². The second-order valence-electron chi connectivity index (χ2n) is 23.4. The first kappa shape index (κ1) is 77.1. The number of phosphoric ester groups is 2. The first-order valence-electron chi connectivity index (χ1n) is 31.2. The Balaban J connectivity index is 5.24. The Labute approximate surface area is 479 Å². The number of unbranched alkanes of at least 4 members (excludes halogenated alkanes) is 22. The first-order valence-corrected chi connectivity index (χ1v) is 34.2. The maximum atomic E-state index is 12.9. The molecule has 0 aliphatic carbocycles. The van der Waals surface area contributed by atoms with Crippen LogP contribution in [0.2, 0.25) is 0 Å². The number of hydrogen-bond acceptors (Lipinski definition) is 15. The van der Waals surface area contributed by atoms with Crippen LogP contribution in [0.3, 0.4) is 0 Å². The average Bonchev–Trinajstić information content (AvgIpc) is 3.39. The summed E-state index contributed by atoms with van der Waals surface area (Å²) in [6.07, 6.45) is 28.4. The van der Waals surface area contributed by atoms with E-state index in [4.69, 9.17) is 37.0 Å². The lowest BCUT2D eigenvalue weighted by Gasteiger charge is -2.21. The molecule has 0 rings (SSSR count). The molecule has 0 fully saturated rings. The molecule has 0 saturated carbocycles. The Kier molecular flexibility index (Phi) is 49.3. The number of esters is 4. The third-order valence-electron chi connectivity index (χ3n) is 13.9. The summed E-state index contributed by atoms with van der Waals surface area (Å²) in [6.45, 7) is 13.8. The van der Waals surface area contributed by atoms with Gasteiger partial charge >= 0.3 is 39.5 Å². The molecule has 19 heteroatoms. The third kappa shape index (κ3) is 53.8. The predicted molar refractivity (Wildman–Crippen MR) is 312 cm³/mol. The molecular formula is C60H116O17P2. The van der Waals surface area contributed by atoms with Crippen molar-refractivity contribution < 1.29 is 80.2 Å². The minimum absolute atomic E-state index is 0.100. The van der Waals surface area contributed by atoms with Crippen LogP contribution in [0.5, 0.6) is 0 Å². The minimum Gasteiger partial charge on any atom is -0.462 e. The summed E-state index contributed by atoms with van der Waals surface area (Å²) < 4.78 is 67.7. The molecule has 0 aromatic rings. The molecule has 0 radical (unpaired) electrons. The van der Waals surface area contributed by atoms with Crippen LogP contribution >= 0.6 is 15.6 Å². The number of carbonyl (C=O) groups is 4. The lowest BCUT2D eigenvalue weighted by Crippen LogP contribution is -2.30. The summed E-state index contributed by atoms with van der Waals surface area (Å²) in [5.41, 5.74) is 0. The zero-order valence-corrected chi connectivity index (χ0v) is 52.8. The Hall–Kier alpha value is -1.94. The number of hydrogen-bond donors (Lipinski definition) is 3. The van der Waals surface area contributed by atoms with E-state index in [1.54, 1.807) is 0 Å². The smallest absolute Gasteiger partial charge is 0.462 e. The highest BCUT2D eigenvalue weighted by Crippen LogP contribution is 2.45.